The molecule has 6 nitrogen and oxygen atoms in total. The number of nitrogens with zero attached hydrogens (tertiary/aromatic N) is 1. The second-order valence-corrected chi connectivity index (χ2v) is 7.71. The first kappa shape index (κ1) is 23.3. The number of hydrogen-bond donors (Lipinski definition) is 2. The van der Waals surface area contributed by atoms with Gasteiger partial charge in [-0.3, -0.25) is 4.99 Å². The first-order valence-corrected chi connectivity index (χ1v) is 10.0. The third kappa shape index (κ3) is 6.03. The van der Waals surface area contributed by atoms with E-state index in [1.807, 2.05) is 12.1 Å². The quantitative estimate of drug-likeness (QED) is 0.309. The minimum atomic E-state index is 0. The SMILES string of the molecule is CN=C(NCCc1cc(Cl)c2c(c1)OCCO2)NCC1(CCOC)CCC1.I. The fourth-order valence-corrected chi connectivity index (χ4v) is 3.92. The molecule has 1 aromatic carbocycles. The molecule has 1 heterocycles. The van der Waals surface area contributed by atoms with Crippen LogP contribution < -0.4 is 20.1 Å². The Morgan fingerprint density at radius 3 is 2.71 bits per heavy atom. The number of halogens is 2. The third-order valence-electron chi connectivity index (χ3n) is 5.47. The van der Waals surface area contributed by atoms with Gasteiger partial charge in [0, 0.05) is 33.9 Å². The van der Waals surface area contributed by atoms with Gasteiger partial charge in [0.15, 0.2) is 17.5 Å². The molecule has 158 valence electrons. The molecule has 1 aromatic rings. The molecule has 3 rings (SSSR count). The summed E-state index contributed by atoms with van der Waals surface area (Å²) in [5.74, 6) is 2.22. The molecule has 0 spiro atoms. The van der Waals surface area contributed by atoms with Crippen LogP contribution in [0.25, 0.3) is 0 Å². The predicted octanol–water partition coefficient (Wildman–Crippen LogP) is 3.64. The Morgan fingerprint density at radius 2 is 2.04 bits per heavy atom. The first-order chi connectivity index (χ1) is 13.2. The molecule has 0 radical (unpaired) electrons. The van der Waals surface area contributed by atoms with Crippen LogP contribution in [-0.4, -0.2) is 53.0 Å². The van der Waals surface area contributed by atoms with Gasteiger partial charge >= 0.3 is 0 Å². The van der Waals surface area contributed by atoms with Crippen LogP contribution in [0.3, 0.4) is 0 Å². The Balaban J connectivity index is 0.00000280. The maximum Gasteiger partial charge on any atom is 0.191 e. The second-order valence-electron chi connectivity index (χ2n) is 7.30. The van der Waals surface area contributed by atoms with E-state index in [-0.39, 0.29) is 24.0 Å². The van der Waals surface area contributed by atoms with E-state index in [4.69, 9.17) is 25.8 Å². The topological polar surface area (TPSA) is 64.1 Å². The van der Waals surface area contributed by atoms with Gasteiger partial charge in [-0.2, -0.15) is 0 Å². The maximum absolute atomic E-state index is 6.31. The molecular weight excluding hydrogens is 493 g/mol. The molecule has 28 heavy (non-hydrogen) atoms. The van der Waals surface area contributed by atoms with E-state index in [9.17, 15) is 0 Å². The third-order valence-corrected chi connectivity index (χ3v) is 5.75. The normalized spacial score (nSPS) is 17.3. The van der Waals surface area contributed by atoms with Crippen molar-refractivity contribution in [2.45, 2.75) is 32.1 Å². The van der Waals surface area contributed by atoms with Crippen molar-refractivity contribution in [2.75, 3.05) is 47.1 Å². The lowest BCUT2D eigenvalue weighted by atomic mass is 9.67. The zero-order valence-electron chi connectivity index (χ0n) is 16.7. The lowest BCUT2D eigenvalue weighted by molar-refractivity contribution is 0.0732. The van der Waals surface area contributed by atoms with E-state index >= 15 is 0 Å². The number of nitrogens with one attached hydrogen (secondary N) is 2. The Kier molecular flexibility index (Phi) is 9.43. The Morgan fingerprint density at radius 1 is 1.25 bits per heavy atom. The highest BCUT2D eigenvalue weighted by Crippen LogP contribution is 2.43. The monoisotopic (exact) mass is 523 g/mol. The fraction of sp³-hybridized carbons (Fsp3) is 0.650. The van der Waals surface area contributed by atoms with Gasteiger partial charge in [0.1, 0.15) is 13.2 Å². The predicted molar refractivity (Wildman–Crippen MR) is 124 cm³/mol. The van der Waals surface area contributed by atoms with Crippen molar-refractivity contribution in [3.8, 4) is 11.5 Å². The molecule has 2 aliphatic rings. The van der Waals surface area contributed by atoms with Crippen LogP contribution in [0.2, 0.25) is 5.02 Å². The van der Waals surface area contributed by atoms with E-state index in [1.54, 1.807) is 14.2 Å². The number of methoxy groups -OCH3 is 1. The molecule has 1 saturated carbocycles. The van der Waals surface area contributed by atoms with Crippen LogP contribution in [0, 0.1) is 5.41 Å². The Hall–Kier alpha value is -0.930. The number of rotatable bonds is 8. The smallest absolute Gasteiger partial charge is 0.191 e. The molecular formula is C20H31ClIN3O3. The van der Waals surface area contributed by atoms with Crippen LogP contribution in [0.1, 0.15) is 31.2 Å². The van der Waals surface area contributed by atoms with E-state index in [1.165, 1.54) is 19.3 Å². The van der Waals surface area contributed by atoms with E-state index in [0.717, 1.165) is 49.8 Å². The average molecular weight is 524 g/mol. The molecule has 0 unspecified atom stereocenters. The summed E-state index contributed by atoms with van der Waals surface area (Å²) in [5.41, 5.74) is 1.47. The highest BCUT2D eigenvalue weighted by Gasteiger charge is 2.36. The summed E-state index contributed by atoms with van der Waals surface area (Å²) in [6, 6.07) is 3.95. The van der Waals surface area contributed by atoms with Gasteiger partial charge in [-0.1, -0.05) is 18.0 Å². The molecule has 1 aliphatic heterocycles. The summed E-state index contributed by atoms with van der Waals surface area (Å²) < 4.78 is 16.5. The van der Waals surface area contributed by atoms with Gasteiger partial charge in [0.2, 0.25) is 0 Å². The number of aliphatic imine (C=N–C) groups is 1. The van der Waals surface area contributed by atoms with Gasteiger partial charge in [-0.05, 0) is 48.8 Å². The summed E-state index contributed by atoms with van der Waals surface area (Å²) in [6.07, 6.45) is 5.75. The molecule has 0 saturated heterocycles. The summed E-state index contributed by atoms with van der Waals surface area (Å²) in [7, 11) is 3.57. The molecule has 1 aliphatic carbocycles. The van der Waals surface area contributed by atoms with E-state index in [2.05, 4.69) is 15.6 Å². The van der Waals surface area contributed by atoms with Crippen molar-refractivity contribution in [3.63, 3.8) is 0 Å². The van der Waals surface area contributed by atoms with Crippen LogP contribution in [0.15, 0.2) is 17.1 Å². The van der Waals surface area contributed by atoms with Gasteiger partial charge < -0.3 is 24.8 Å². The number of fused-ring (bicyclic) bond motifs is 1. The lowest BCUT2D eigenvalue weighted by Crippen LogP contribution is -2.47. The van der Waals surface area contributed by atoms with Crippen molar-refractivity contribution in [3.05, 3.63) is 22.7 Å². The van der Waals surface area contributed by atoms with Crippen molar-refractivity contribution in [1.29, 1.82) is 0 Å². The van der Waals surface area contributed by atoms with Crippen molar-refractivity contribution >= 4 is 41.5 Å². The van der Waals surface area contributed by atoms with Gasteiger partial charge in [-0.25, -0.2) is 0 Å². The lowest BCUT2D eigenvalue weighted by Gasteiger charge is -2.42. The molecule has 0 aromatic heterocycles. The molecule has 1 fully saturated rings. The average Bonchev–Trinajstić information content (AvgIpc) is 2.65. The van der Waals surface area contributed by atoms with Gasteiger partial charge in [-0.15, -0.1) is 24.0 Å². The summed E-state index contributed by atoms with van der Waals surface area (Å²) >= 11 is 6.31. The fourth-order valence-electron chi connectivity index (χ4n) is 3.64. The zero-order valence-corrected chi connectivity index (χ0v) is 19.8. The number of guanidine groups is 1. The highest BCUT2D eigenvalue weighted by atomic mass is 127. The van der Waals surface area contributed by atoms with E-state index < -0.39 is 0 Å². The van der Waals surface area contributed by atoms with Crippen LogP contribution in [0.5, 0.6) is 11.5 Å². The zero-order chi connectivity index (χ0) is 19.1. The van der Waals surface area contributed by atoms with E-state index in [0.29, 0.717) is 29.4 Å². The minimum Gasteiger partial charge on any atom is -0.486 e. The van der Waals surface area contributed by atoms with Crippen LogP contribution >= 0.6 is 35.6 Å². The van der Waals surface area contributed by atoms with Crippen LogP contribution in [-0.2, 0) is 11.2 Å². The van der Waals surface area contributed by atoms with Gasteiger partial charge in [0.05, 0.1) is 5.02 Å². The molecule has 2 N–H and O–H groups in total. The van der Waals surface area contributed by atoms with Crippen molar-refractivity contribution < 1.29 is 14.2 Å². The number of ether oxygens (including phenoxy) is 3. The van der Waals surface area contributed by atoms with Crippen LogP contribution in [0.4, 0.5) is 0 Å². The molecule has 0 amide bonds. The molecule has 8 heteroatoms. The standard InChI is InChI=1S/C20H30ClN3O3.HI/c1-22-19(24-14-20(5-3-6-20)7-9-25-2)23-8-4-15-12-16(21)18-17(13-15)26-10-11-27-18;/h12-13H,3-11,14H2,1-2H3,(H2,22,23,24);1H. The Bertz CT molecular complexity index is 668. The molecule has 0 bridgehead atoms. The highest BCUT2D eigenvalue weighted by molar-refractivity contribution is 14.0. The summed E-state index contributed by atoms with van der Waals surface area (Å²) in [6.45, 7) is 3.62. The minimum absolute atomic E-state index is 0. The summed E-state index contributed by atoms with van der Waals surface area (Å²) in [5, 5.41) is 7.47. The maximum atomic E-state index is 6.31. The number of hydrogen-bond acceptors (Lipinski definition) is 4. The molecule has 0 atom stereocenters. The van der Waals surface area contributed by atoms with Gasteiger partial charge in [0.25, 0.3) is 0 Å². The Labute approximate surface area is 189 Å². The van der Waals surface area contributed by atoms with Crippen molar-refractivity contribution in [2.24, 2.45) is 10.4 Å². The van der Waals surface area contributed by atoms with Crippen molar-refractivity contribution in [1.82, 2.24) is 10.6 Å². The first-order valence-electron chi connectivity index (χ1n) is 9.67. The number of benzene rings is 1. The largest absolute Gasteiger partial charge is 0.486 e. The second kappa shape index (κ2) is 11.3. The summed E-state index contributed by atoms with van der Waals surface area (Å²) in [4.78, 5) is 4.34.